The van der Waals surface area contributed by atoms with Gasteiger partial charge in [-0.25, -0.2) is 0 Å². The molecule has 1 saturated heterocycles. The molecular formula is C21H39NO5S. The van der Waals surface area contributed by atoms with Crippen molar-refractivity contribution in [2.75, 3.05) is 24.7 Å². The molecule has 1 heterocycles. The van der Waals surface area contributed by atoms with E-state index < -0.39 is 24.2 Å². The predicted octanol–water partition coefficient (Wildman–Crippen LogP) is 2.68. The third-order valence-electron chi connectivity index (χ3n) is 5.54. The summed E-state index contributed by atoms with van der Waals surface area (Å²) in [7, 11) is 0. The van der Waals surface area contributed by atoms with Crippen molar-refractivity contribution in [1.82, 2.24) is 5.32 Å². The maximum atomic E-state index is 11.3. The lowest BCUT2D eigenvalue weighted by Crippen LogP contribution is -2.55. The lowest BCUT2D eigenvalue weighted by Gasteiger charge is -2.47. The van der Waals surface area contributed by atoms with Gasteiger partial charge in [-0.2, -0.15) is 11.8 Å². The lowest BCUT2D eigenvalue weighted by atomic mass is 9.68. The van der Waals surface area contributed by atoms with Crippen LogP contribution in [0.5, 0.6) is 0 Å². The summed E-state index contributed by atoms with van der Waals surface area (Å²) in [5.74, 6) is -0.0218. The third-order valence-corrected chi connectivity index (χ3v) is 6.67. The van der Waals surface area contributed by atoms with Crippen LogP contribution in [-0.4, -0.2) is 70.3 Å². The van der Waals surface area contributed by atoms with Crippen LogP contribution in [0.25, 0.3) is 0 Å². The molecule has 7 heteroatoms. The van der Waals surface area contributed by atoms with Gasteiger partial charge in [-0.3, -0.25) is 4.79 Å². The van der Waals surface area contributed by atoms with Gasteiger partial charge in [0.2, 0.25) is 0 Å². The van der Waals surface area contributed by atoms with Crippen LogP contribution < -0.4 is 5.32 Å². The Kier molecular flexibility index (Phi) is 11.1. The van der Waals surface area contributed by atoms with Crippen LogP contribution in [0.1, 0.15) is 53.4 Å². The van der Waals surface area contributed by atoms with E-state index in [1.165, 1.54) is 17.3 Å². The van der Waals surface area contributed by atoms with Crippen molar-refractivity contribution < 1.29 is 24.9 Å². The summed E-state index contributed by atoms with van der Waals surface area (Å²) in [6, 6.07) is -0.595. The molecule has 1 rings (SSSR count). The van der Waals surface area contributed by atoms with E-state index in [4.69, 9.17) is 4.74 Å². The molecule has 4 N–H and O–H groups in total. The van der Waals surface area contributed by atoms with Gasteiger partial charge < -0.3 is 25.4 Å². The number of hydrogen-bond acceptors (Lipinski definition) is 6. The summed E-state index contributed by atoms with van der Waals surface area (Å²) in [6.45, 7) is 12.8. The number of ether oxygens (including phenoxy) is 1. The predicted molar refractivity (Wildman–Crippen MR) is 115 cm³/mol. The minimum absolute atomic E-state index is 0.115. The molecule has 6 nitrogen and oxygen atoms in total. The van der Waals surface area contributed by atoms with Crippen LogP contribution in [0.3, 0.4) is 0 Å². The molecule has 0 aromatic carbocycles. The lowest BCUT2D eigenvalue weighted by molar-refractivity contribution is -0.180. The van der Waals surface area contributed by atoms with E-state index in [0.717, 1.165) is 25.7 Å². The van der Waals surface area contributed by atoms with Crippen LogP contribution in [0.2, 0.25) is 0 Å². The fourth-order valence-electron chi connectivity index (χ4n) is 3.94. The summed E-state index contributed by atoms with van der Waals surface area (Å²) in [5.41, 5.74) is 0.979. The Morgan fingerprint density at radius 2 is 2.04 bits per heavy atom. The van der Waals surface area contributed by atoms with E-state index in [-0.39, 0.29) is 24.0 Å². The largest absolute Gasteiger partial charge is 0.480 e. The Bertz CT molecular complexity index is 499. The van der Waals surface area contributed by atoms with E-state index in [9.17, 15) is 20.1 Å². The first-order valence-electron chi connectivity index (χ1n) is 10.3. The number of rotatable bonds is 13. The molecule has 0 amide bonds. The Balaban J connectivity index is 2.70. The first-order valence-corrected chi connectivity index (χ1v) is 11.4. The number of unbranched alkanes of at least 4 members (excludes halogenated alkanes) is 1. The standard InChI is InChI=1S/C21H39NO5S/c1-6-22-15(20(25)26)12-28-13-17-18(19(24)16(23)11-27-17)21(4,5)10-8-7-9-14(2)3/h15-19,22-24H,2,6-13H2,1,3-5H3,(H,25,26). The number of aliphatic hydroxyl groups is 2. The summed E-state index contributed by atoms with van der Waals surface area (Å²) in [4.78, 5) is 11.3. The summed E-state index contributed by atoms with van der Waals surface area (Å²) < 4.78 is 5.89. The average molecular weight is 418 g/mol. The van der Waals surface area contributed by atoms with Gasteiger partial charge in [0, 0.05) is 17.4 Å². The van der Waals surface area contributed by atoms with Gasteiger partial charge in [0.05, 0.1) is 18.8 Å². The van der Waals surface area contributed by atoms with Crippen molar-refractivity contribution in [2.45, 2.75) is 77.7 Å². The van der Waals surface area contributed by atoms with Crippen molar-refractivity contribution in [3.05, 3.63) is 12.2 Å². The second-order valence-corrected chi connectivity index (χ2v) is 9.67. The van der Waals surface area contributed by atoms with E-state index in [1.54, 1.807) is 0 Å². The number of carboxylic acid groups (broad SMARTS) is 1. The van der Waals surface area contributed by atoms with Gasteiger partial charge in [-0.15, -0.1) is 6.58 Å². The number of nitrogens with one attached hydrogen (secondary N) is 1. The van der Waals surface area contributed by atoms with Crippen molar-refractivity contribution in [3.63, 3.8) is 0 Å². The molecule has 1 aliphatic heterocycles. The minimum atomic E-state index is -0.880. The molecule has 1 aliphatic rings. The summed E-state index contributed by atoms with van der Waals surface area (Å²) >= 11 is 1.52. The van der Waals surface area contributed by atoms with Gasteiger partial charge in [0.25, 0.3) is 0 Å². The first-order chi connectivity index (χ1) is 13.1. The smallest absolute Gasteiger partial charge is 0.321 e. The molecule has 0 radical (unpaired) electrons. The van der Waals surface area contributed by atoms with Crippen LogP contribution in [-0.2, 0) is 9.53 Å². The number of allylic oxidation sites excluding steroid dienone is 1. The zero-order valence-electron chi connectivity index (χ0n) is 17.8. The van der Waals surface area contributed by atoms with Gasteiger partial charge in [0.1, 0.15) is 12.1 Å². The summed E-state index contributed by atoms with van der Waals surface area (Å²) in [5, 5.41) is 33.1. The fourth-order valence-corrected chi connectivity index (χ4v) is 5.11. The maximum absolute atomic E-state index is 11.3. The molecule has 0 aromatic rings. The molecular weight excluding hydrogens is 378 g/mol. The zero-order chi connectivity index (χ0) is 21.3. The second kappa shape index (κ2) is 12.2. The highest BCUT2D eigenvalue weighted by molar-refractivity contribution is 7.99. The highest BCUT2D eigenvalue weighted by atomic mass is 32.2. The molecule has 0 aliphatic carbocycles. The zero-order valence-corrected chi connectivity index (χ0v) is 18.6. The molecule has 164 valence electrons. The van der Waals surface area contributed by atoms with E-state index >= 15 is 0 Å². The number of hydrogen-bond donors (Lipinski definition) is 4. The van der Waals surface area contributed by atoms with Gasteiger partial charge in [-0.1, -0.05) is 32.8 Å². The molecule has 0 aromatic heterocycles. The Labute approximate surface area is 174 Å². The molecule has 28 heavy (non-hydrogen) atoms. The number of thioether (sulfide) groups is 1. The van der Waals surface area contributed by atoms with Crippen molar-refractivity contribution in [1.29, 1.82) is 0 Å². The molecule has 0 bridgehead atoms. The molecule has 0 saturated carbocycles. The van der Waals surface area contributed by atoms with Crippen LogP contribution in [0.15, 0.2) is 12.2 Å². The quantitative estimate of drug-likeness (QED) is 0.270. The van der Waals surface area contributed by atoms with E-state index in [1.807, 2.05) is 13.8 Å². The highest BCUT2D eigenvalue weighted by Gasteiger charge is 2.46. The van der Waals surface area contributed by atoms with Crippen LogP contribution in [0.4, 0.5) is 0 Å². The first kappa shape index (κ1) is 25.4. The topological polar surface area (TPSA) is 99.0 Å². The van der Waals surface area contributed by atoms with Gasteiger partial charge >= 0.3 is 5.97 Å². The highest BCUT2D eigenvalue weighted by Crippen LogP contribution is 2.42. The number of carbonyl (C=O) groups is 1. The number of aliphatic hydroxyl groups excluding tert-OH is 2. The fraction of sp³-hybridized carbons (Fsp3) is 0.857. The van der Waals surface area contributed by atoms with E-state index in [2.05, 4.69) is 25.7 Å². The summed E-state index contributed by atoms with van der Waals surface area (Å²) in [6.07, 6.45) is 2.09. The molecule has 0 spiro atoms. The Morgan fingerprint density at radius 1 is 1.36 bits per heavy atom. The average Bonchev–Trinajstić information content (AvgIpc) is 2.60. The SMILES string of the molecule is C=C(C)CCCCC(C)(C)C1C(CSCC(NCC)C(=O)O)OCC(O)C1O. The number of aliphatic carboxylic acids is 1. The molecule has 1 fully saturated rings. The van der Waals surface area contributed by atoms with Gasteiger partial charge in [0.15, 0.2) is 0 Å². The van der Waals surface area contributed by atoms with Crippen LogP contribution in [0, 0.1) is 11.3 Å². The monoisotopic (exact) mass is 417 g/mol. The minimum Gasteiger partial charge on any atom is -0.480 e. The third kappa shape index (κ3) is 8.03. The van der Waals surface area contributed by atoms with Crippen molar-refractivity contribution >= 4 is 17.7 Å². The normalized spacial score (nSPS) is 26.8. The molecule has 5 atom stereocenters. The van der Waals surface area contributed by atoms with Crippen molar-refractivity contribution in [2.24, 2.45) is 11.3 Å². The van der Waals surface area contributed by atoms with Crippen molar-refractivity contribution in [3.8, 4) is 0 Å². The molecule has 5 unspecified atom stereocenters. The second-order valence-electron chi connectivity index (χ2n) is 8.59. The maximum Gasteiger partial charge on any atom is 0.321 e. The van der Waals surface area contributed by atoms with E-state index in [0.29, 0.717) is 18.1 Å². The Morgan fingerprint density at radius 3 is 2.61 bits per heavy atom. The van der Waals surface area contributed by atoms with Crippen LogP contribution >= 0.6 is 11.8 Å². The Hall–Kier alpha value is -0.600. The number of carboxylic acids is 1. The number of likely N-dealkylation sites (N-methyl/N-ethyl adjacent to an activating group) is 1. The van der Waals surface area contributed by atoms with Gasteiger partial charge in [-0.05, 0) is 38.1 Å².